The monoisotopic (exact) mass is 484 g/mol. The van der Waals surface area contributed by atoms with Crippen LogP contribution in [0.25, 0.3) is 33.7 Å². The van der Waals surface area contributed by atoms with Gasteiger partial charge < -0.3 is 4.57 Å². The lowest BCUT2D eigenvalue weighted by atomic mass is 9.92. The Kier molecular flexibility index (Phi) is 5.87. The number of tetrazole rings is 1. The maximum Gasteiger partial charge on any atom is 0.330 e. The normalized spacial score (nSPS) is 11.9. The first-order valence-electron chi connectivity index (χ1n) is 11.9. The topological polar surface area (TPSA) is 127 Å². The van der Waals surface area contributed by atoms with Crippen LogP contribution in [-0.4, -0.2) is 39.7 Å². The van der Waals surface area contributed by atoms with Crippen molar-refractivity contribution in [1.82, 2.24) is 39.7 Å². The summed E-state index contributed by atoms with van der Waals surface area (Å²) < 4.78 is 3.45. The number of aromatic nitrogens is 8. The van der Waals surface area contributed by atoms with Crippen LogP contribution >= 0.6 is 0 Å². The van der Waals surface area contributed by atoms with Gasteiger partial charge in [-0.3, -0.25) is 14.3 Å². The van der Waals surface area contributed by atoms with Crippen LogP contribution in [0.1, 0.15) is 39.1 Å². The minimum absolute atomic E-state index is 0.0497. The van der Waals surface area contributed by atoms with Crippen LogP contribution in [0, 0.1) is 5.41 Å². The van der Waals surface area contributed by atoms with Gasteiger partial charge >= 0.3 is 5.69 Å². The highest BCUT2D eigenvalue weighted by Crippen LogP contribution is 2.30. The largest absolute Gasteiger partial charge is 0.330 e. The molecule has 3 aromatic heterocycles. The number of nitrogens with one attached hydrogen (secondary N) is 2. The molecule has 0 amide bonds. The first kappa shape index (κ1) is 23.4. The fraction of sp³-hybridized carbons (Fsp3) is 0.308. The van der Waals surface area contributed by atoms with Crippen LogP contribution in [0.2, 0.25) is 0 Å². The Hall–Kier alpha value is -4.34. The number of hydrogen-bond acceptors (Lipinski definition) is 6. The summed E-state index contributed by atoms with van der Waals surface area (Å²) in [5.41, 5.74) is 3.85. The van der Waals surface area contributed by atoms with Gasteiger partial charge in [0.25, 0.3) is 5.56 Å². The molecular formula is C26H28N8O2. The molecule has 0 saturated heterocycles. The lowest BCUT2D eigenvalue weighted by Crippen LogP contribution is -2.30. The average molecular weight is 485 g/mol. The molecule has 2 aromatic carbocycles. The van der Waals surface area contributed by atoms with Crippen molar-refractivity contribution in [2.24, 2.45) is 5.41 Å². The maximum absolute atomic E-state index is 12.9. The highest BCUT2D eigenvalue weighted by molar-refractivity contribution is 5.80. The molecule has 0 aliphatic carbocycles. The molecule has 10 nitrogen and oxygen atoms in total. The van der Waals surface area contributed by atoms with E-state index in [1.54, 1.807) is 0 Å². The minimum atomic E-state index is -0.438. The van der Waals surface area contributed by atoms with Crippen molar-refractivity contribution in [2.45, 2.75) is 47.2 Å². The molecule has 0 radical (unpaired) electrons. The summed E-state index contributed by atoms with van der Waals surface area (Å²) in [6.45, 7) is 9.14. The van der Waals surface area contributed by atoms with Crippen LogP contribution in [0.5, 0.6) is 0 Å². The molecular weight excluding hydrogens is 456 g/mol. The van der Waals surface area contributed by atoms with Crippen molar-refractivity contribution in [3.63, 3.8) is 0 Å². The second-order valence-electron chi connectivity index (χ2n) is 10.0. The van der Waals surface area contributed by atoms with E-state index in [0.29, 0.717) is 36.5 Å². The van der Waals surface area contributed by atoms with Crippen molar-refractivity contribution in [2.75, 3.05) is 0 Å². The third-order valence-corrected chi connectivity index (χ3v) is 6.09. The van der Waals surface area contributed by atoms with Gasteiger partial charge in [0.1, 0.15) is 5.82 Å². The second-order valence-corrected chi connectivity index (χ2v) is 10.0. The SMILES string of the molecule is CCn1c(=O)[nH]c(=O)c2c1nc(CC(C)(C)C)n2Cc1ccc(-c2ccccc2-c2nn[nH]n2)cc1. The van der Waals surface area contributed by atoms with E-state index >= 15 is 0 Å². The smallest absolute Gasteiger partial charge is 0.318 e. The van der Waals surface area contributed by atoms with E-state index < -0.39 is 11.2 Å². The predicted octanol–water partition coefficient (Wildman–Crippen LogP) is 3.39. The Morgan fingerprint density at radius 1 is 0.944 bits per heavy atom. The number of aryl methyl sites for hydroxylation is 1. The zero-order valence-corrected chi connectivity index (χ0v) is 20.7. The van der Waals surface area contributed by atoms with Gasteiger partial charge in [-0.2, -0.15) is 5.21 Å². The third kappa shape index (κ3) is 4.37. The summed E-state index contributed by atoms with van der Waals surface area (Å²) in [4.78, 5) is 32.5. The number of hydrogen-bond donors (Lipinski definition) is 2. The van der Waals surface area contributed by atoms with E-state index in [9.17, 15) is 9.59 Å². The van der Waals surface area contributed by atoms with Gasteiger partial charge in [-0.15, -0.1) is 10.2 Å². The second kappa shape index (κ2) is 9.03. The van der Waals surface area contributed by atoms with E-state index in [0.717, 1.165) is 28.1 Å². The molecule has 0 atom stereocenters. The molecule has 5 aromatic rings. The fourth-order valence-corrected chi connectivity index (χ4v) is 4.47. The molecule has 2 N–H and O–H groups in total. The van der Waals surface area contributed by atoms with Gasteiger partial charge in [-0.25, -0.2) is 9.78 Å². The highest BCUT2D eigenvalue weighted by Gasteiger charge is 2.22. The van der Waals surface area contributed by atoms with E-state index in [1.807, 2.05) is 60.0 Å². The van der Waals surface area contributed by atoms with Gasteiger partial charge in [-0.05, 0) is 34.2 Å². The van der Waals surface area contributed by atoms with Gasteiger partial charge in [0, 0.05) is 25.1 Å². The fourth-order valence-electron chi connectivity index (χ4n) is 4.47. The number of H-pyrrole nitrogens is 2. The number of rotatable bonds is 6. The number of fused-ring (bicyclic) bond motifs is 1. The summed E-state index contributed by atoms with van der Waals surface area (Å²) in [7, 11) is 0. The third-order valence-electron chi connectivity index (χ3n) is 6.09. The standard InChI is InChI=1S/C26H28N8O2/c1-5-33-23-21(24(35)28-25(33)36)34(20(27-23)14-26(2,3)4)15-16-10-12-17(13-11-16)18-8-6-7-9-19(18)22-29-31-32-30-22/h6-13H,5,14-15H2,1-4H3,(H,28,35,36)(H,29,30,31,32). The molecule has 3 heterocycles. The van der Waals surface area contributed by atoms with Crippen LogP contribution in [0.15, 0.2) is 58.1 Å². The molecule has 5 rings (SSSR count). The molecule has 0 unspecified atom stereocenters. The van der Waals surface area contributed by atoms with Crippen molar-refractivity contribution < 1.29 is 0 Å². The summed E-state index contributed by atoms with van der Waals surface area (Å²) in [5, 5.41) is 14.4. The van der Waals surface area contributed by atoms with Crippen LogP contribution in [0.3, 0.4) is 0 Å². The first-order chi connectivity index (χ1) is 17.2. The highest BCUT2D eigenvalue weighted by atomic mass is 16.2. The average Bonchev–Trinajstić information content (AvgIpc) is 3.48. The van der Waals surface area contributed by atoms with E-state index in [4.69, 9.17) is 4.98 Å². The Morgan fingerprint density at radius 2 is 1.67 bits per heavy atom. The number of aromatic amines is 2. The summed E-state index contributed by atoms with van der Waals surface area (Å²) in [6.07, 6.45) is 0.662. The zero-order valence-electron chi connectivity index (χ0n) is 20.7. The molecule has 10 heteroatoms. The van der Waals surface area contributed by atoms with Crippen molar-refractivity contribution in [1.29, 1.82) is 0 Å². The number of imidazole rings is 1. The molecule has 0 bridgehead atoms. The Labute approximate surface area is 207 Å². The lowest BCUT2D eigenvalue weighted by Gasteiger charge is -2.18. The van der Waals surface area contributed by atoms with Crippen LogP contribution in [-0.2, 0) is 19.5 Å². The Bertz CT molecular complexity index is 1640. The van der Waals surface area contributed by atoms with Crippen LogP contribution < -0.4 is 11.2 Å². The van der Waals surface area contributed by atoms with E-state index in [1.165, 1.54) is 4.57 Å². The Morgan fingerprint density at radius 3 is 2.31 bits per heavy atom. The zero-order chi connectivity index (χ0) is 25.4. The summed E-state index contributed by atoms with van der Waals surface area (Å²) in [6, 6.07) is 16.1. The molecule has 36 heavy (non-hydrogen) atoms. The predicted molar refractivity (Wildman–Crippen MR) is 138 cm³/mol. The molecule has 0 fully saturated rings. The van der Waals surface area contributed by atoms with E-state index in [-0.39, 0.29) is 5.41 Å². The maximum atomic E-state index is 12.9. The molecule has 184 valence electrons. The van der Waals surface area contributed by atoms with Crippen molar-refractivity contribution >= 4 is 11.2 Å². The molecule has 0 aliphatic rings. The quantitative estimate of drug-likeness (QED) is 0.380. The number of nitrogens with zero attached hydrogens (tertiary/aromatic N) is 6. The molecule has 0 spiro atoms. The number of benzene rings is 2. The van der Waals surface area contributed by atoms with Crippen molar-refractivity contribution in [3.05, 3.63) is 80.8 Å². The summed E-state index contributed by atoms with van der Waals surface area (Å²) >= 11 is 0. The lowest BCUT2D eigenvalue weighted by molar-refractivity contribution is 0.394. The first-order valence-corrected chi connectivity index (χ1v) is 11.9. The minimum Gasteiger partial charge on any atom is -0.318 e. The van der Waals surface area contributed by atoms with Gasteiger partial charge in [0.15, 0.2) is 11.2 Å². The van der Waals surface area contributed by atoms with Gasteiger partial charge in [0.2, 0.25) is 5.82 Å². The van der Waals surface area contributed by atoms with Crippen molar-refractivity contribution in [3.8, 4) is 22.5 Å². The molecule has 0 aliphatic heterocycles. The Balaban J connectivity index is 1.57. The van der Waals surface area contributed by atoms with Gasteiger partial charge in [0.05, 0.1) is 0 Å². The van der Waals surface area contributed by atoms with E-state index in [2.05, 4.69) is 46.4 Å². The molecule has 0 saturated carbocycles. The summed E-state index contributed by atoms with van der Waals surface area (Å²) in [5.74, 6) is 1.31. The van der Waals surface area contributed by atoms with Gasteiger partial charge in [-0.1, -0.05) is 69.3 Å². The van der Waals surface area contributed by atoms with Crippen LogP contribution in [0.4, 0.5) is 0 Å².